The minimum Gasteiger partial charge on any atom is -0.223 e. The Balaban J connectivity index is 1.89. The van der Waals surface area contributed by atoms with Crippen molar-refractivity contribution < 1.29 is 13.2 Å². The van der Waals surface area contributed by atoms with Crippen molar-refractivity contribution in [1.82, 2.24) is 14.8 Å². The van der Waals surface area contributed by atoms with Gasteiger partial charge in [0.05, 0.1) is 26.7 Å². The summed E-state index contributed by atoms with van der Waals surface area (Å²) < 4.78 is 42.1. The molecule has 3 rings (SSSR count). The average molecular weight is 433 g/mol. The largest absolute Gasteiger partial charge is 0.399 e. The Morgan fingerprint density at radius 1 is 1.00 bits per heavy atom. The van der Waals surface area contributed by atoms with Crippen LogP contribution in [0.5, 0.6) is 0 Å². The summed E-state index contributed by atoms with van der Waals surface area (Å²) in [5.74, 6) is -1.88. The van der Waals surface area contributed by atoms with Gasteiger partial charge in [0, 0.05) is 0 Å². The summed E-state index contributed by atoms with van der Waals surface area (Å²) in [4.78, 5) is 3.84. The number of nitrogens with zero attached hydrogens (tertiary/aromatic N) is 3. The molecular weight excluding hydrogens is 422 g/mol. The molecule has 1 aromatic heterocycles. The Hall–Kier alpha value is -2.02. The van der Waals surface area contributed by atoms with E-state index in [1.165, 1.54) is 30.9 Å². The highest BCUT2D eigenvalue weighted by molar-refractivity contribution is 6.48. The molecule has 140 valence electrons. The first kappa shape index (κ1) is 19.7. The van der Waals surface area contributed by atoms with E-state index < -0.39 is 12.1 Å². The quantitative estimate of drug-likeness (QED) is 0.436. The molecule has 0 spiro atoms. The van der Waals surface area contributed by atoms with Crippen molar-refractivity contribution in [2.45, 2.75) is 12.1 Å². The van der Waals surface area contributed by atoms with Gasteiger partial charge in [-0.25, -0.2) is 9.67 Å². The first-order chi connectivity index (χ1) is 12.8. The zero-order chi connectivity index (χ0) is 19.6. The first-order valence-electron chi connectivity index (χ1n) is 7.60. The Labute approximate surface area is 168 Å². The van der Waals surface area contributed by atoms with Crippen LogP contribution in [0.25, 0.3) is 11.8 Å². The van der Waals surface area contributed by atoms with Crippen LogP contribution in [-0.2, 0) is 0 Å². The maximum atomic E-state index is 13.5. The summed E-state index contributed by atoms with van der Waals surface area (Å²) in [5, 5.41) is 3.96. The third-order valence-electron chi connectivity index (χ3n) is 3.78. The molecule has 0 aliphatic heterocycles. The highest BCUT2D eigenvalue weighted by atomic mass is 35.5. The van der Waals surface area contributed by atoms with Gasteiger partial charge in [-0.2, -0.15) is 18.3 Å². The number of rotatable bonds is 4. The lowest BCUT2D eigenvalue weighted by Gasteiger charge is -2.18. The molecule has 0 aliphatic rings. The smallest absolute Gasteiger partial charge is 0.223 e. The fourth-order valence-electron chi connectivity index (χ4n) is 2.45. The maximum absolute atomic E-state index is 13.5. The fourth-order valence-corrected chi connectivity index (χ4v) is 3.06. The highest BCUT2D eigenvalue weighted by Crippen LogP contribution is 2.41. The Morgan fingerprint density at radius 3 is 2.15 bits per heavy atom. The van der Waals surface area contributed by atoms with E-state index >= 15 is 0 Å². The van der Waals surface area contributed by atoms with Gasteiger partial charge in [-0.1, -0.05) is 59.1 Å². The third-order valence-corrected chi connectivity index (χ3v) is 4.97. The summed E-state index contributed by atoms with van der Waals surface area (Å²) in [6, 6.07) is 9.17. The molecule has 0 bridgehead atoms. The fraction of sp³-hybridized carbons (Fsp3) is 0.111. The second-order valence-electron chi connectivity index (χ2n) is 5.61. The molecule has 0 fully saturated rings. The van der Waals surface area contributed by atoms with E-state index in [-0.39, 0.29) is 20.6 Å². The number of halogens is 6. The molecular formula is C18H11Cl3F3N3. The van der Waals surface area contributed by atoms with Crippen molar-refractivity contribution >= 4 is 40.9 Å². The lowest BCUT2D eigenvalue weighted by molar-refractivity contribution is -0.139. The van der Waals surface area contributed by atoms with Crippen LogP contribution in [0, 0.1) is 0 Å². The zero-order valence-electron chi connectivity index (χ0n) is 13.5. The predicted octanol–water partition coefficient (Wildman–Crippen LogP) is 6.59. The summed E-state index contributed by atoms with van der Waals surface area (Å²) in [5.41, 5.74) is 1.25. The number of aromatic nitrogens is 3. The van der Waals surface area contributed by atoms with Crippen molar-refractivity contribution in [3.8, 4) is 5.69 Å². The summed E-state index contributed by atoms with van der Waals surface area (Å²) in [7, 11) is 0. The van der Waals surface area contributed by atoms with E-state index in [4.69, 9.17) is 34.8 Å². The minimum absolute atomic E-state index is 0.0238. The molecule has 0 saturated heterocycles. The molecule has 0 radical (unpaired) electrons. The van der Waals surface area contributed by atoms with Crippen LogP contribution in [0.4, 0.5) is 13.2 Å². The van der Waals surface area contributed by atoms with E-state index in [2.05, 4.69) is 10.1 Å². The van der Waals surface area contributed by atoms with Gasteiger partial charge in [-0.05, 0) is 35.4 Å². The average Bonchev–Trinajstić information content (AvgIpc) is 3.14. The second-order valence-corrected chi connectivity index (χ2v) is 6.80. The highest BCUT2D eigenvalue weighted by Gasteiger charge is 2.39. The monoisotopic (exact) mass is 431 g/mol. The molecule has 2 aromatic carbocycles. The number of hydrogen-bond acceptors (Lipinski definition) is 2. The van der Waals surface area contributed by atoms with Crippen LogP contribution in [0.2, 0.25) is 15.1 Å². The van der Waals surface area contributed by atoms with Crippen molar-refractivity contribution in [2.24, 2.45) is 0 Å². The first-order valence-corrected chi connectivity index (χ1v) is 8.73. The Bertz CT molecular complexity index is 929. The number of allylic oxidation sites excluding steroid dienone is 1. The van der Waals surface area contributed by atoms with E-state index in [0.29, 0.717) is 5.56 Å². The normalized spacial score (nSPS) is 13.3. The van der Waals surface area contributed by atoms with Crippen LogP contribution in [0.15, 0.2) is 55.1 Å². The van der Waals surface area contributed by atoms with Crippen LogP contribution in [-0.4, -0.2) is 20.9 Å². The minimum atomic E-state index is -4.52. The molecule has 0 aliphatic carbocycles. The summed E-state index contributed by atoms with van der Waals surface area (Å²) in [6.45, 7) is 0. The molecule has 9 heteroatoms. The molecule has 3 aromatic rings. The number of alkyl halides is 3. The summed E-state index contributed by atoms with van der Waals surface area (Å²) in [6.07, 6.45) is 0.848. The number of benzene rings is 2. The predicted molar refractivity (Wildman–Crippen MR) is 101 cm³/mol. The van der Waals surface area contributed by atoms with Gasteiger partial charge in [-0.15, -0.1) is 0 Å². The SMILES string of the molecule is FC(F)(F)C(C=Cc1ccc(-n2cncn2)cc1)c1cc(Cl)c(Cl)c(Cl)c1. The van der Waals surface area contributed by atoms with E-state index in [1.54, 1.807) is 28.9 Å². The van der Waals surface area contributed by atoms with Gasteiger partial charge in [-0.3, -0.25) is 0 Å². The molecule has 27 heavy (non-hydrogen) atoms. The lowest BCUT2D eigenvalue weighted by Crippen LogP contribution is -2.19. The molecule has 1 unspecified atom stereocenters. The second kappa shape index (κ2) is 7.92. The maximum Gasteiger partial charge on any atom is 0.399 e. The van der Waals surface area contributed by atoms with E-state index in [9.17, 15) is 13.2 Å². The van der Waals surface area contributed by atoms with E-state index in [0.717, 1.165) is 11.8 Å². The van der Waals surface area contributed by atoms with Crippen molar-refractivity contribution in [1.29, 1.82) is 0 Å². The standard InChI is InChI=1S/C18H11Cl3F3N3/c19-15-7-12(8-16(20)17(15)21)14(18(22,23)24)6-3-11-1-4-13(5-2-11)27-10-25-9-26-27/h1-10,14H. The lowest BCUT2D eigenvalue weighted by atomic mass is 9.97. The van der Waals surface area contributed by atoms with Gasteiger partial charge >= 0.3 is 6.18 Å². The molecule has 1 atom stereocenters. The zero-order valence-corrected chi connectivity index (χ0v) is 15.7. The topological polar surface area (TPSA) is 30.7 Å². The van der Waals surface area contributed by atoms with E-state index in [1.807, 2.05) is 0 Å². The van der Waals surface area contributed by atoms with Crippen molar-refractivity contribution in [3.63, 3.8) is 0 Å². The molecule has 0 N–H and O–H groups in total. The summed E-state index contributed by atoms with van der Waals surface area (Å²) >= 11 is 17.6. The van der Waals surface area contributed by atoms with Gasteiger partial charge in [0.1, 0.15) is 12.7 Å². The molecule has 0 amide bonds. The van der Waals surface area contributed by atoms with Gasteiger partial charge in [0.15, 0.2) is 0 Å². The van der Waals surface area contributed by atoms with Gasteiger partial charge in [0.2, 0.25) is 0 Å². The molecule has 1 heterocycles. The van der Waals surface area contributed by atoms with Crippen molar-refractivity contribution in [3.05, 3.63) is 81.3 Å². The third kappa shape index (κ3) is 4.64. The number of hydrogen-bond donors (Lipinski definition) is 0. The molecule has 0 saturated carbocycles. The Kier molecular flexibility index (Phi) is 5.79. The van der Waals surface area contributed by atoms with Crippen molar-refractivity contribution in [2.75, 3.05) is 0 Å². The van der Waals surface area contributed by atoms with Gasteiger partial charge < -0.3 is 0 Å². The van der Waals surface area contributed by atoms with Crippen LogP contribution in [0.3, 0.4) is 0 Å². The molecule has 3 nitrogen and oxygen atoms in total. The van der Waals surface area contributed by atoms with Crippen LogP contribution in [0.1, 0.15) is 17.0 Å². The van der Waals surface area contributed by atoms with Gasteiger partial charge in [0.25, 0.3) is 0 Å². The Morgan fingerprint density at radius 2 is 1.63 bits per heavy atom. The van der Waals surface area contributed by atoms with Crippen LogP contribution >= 0.6 is 34.8 Å². The van der Waals surface area contributed by atoms with Crippen LogP contribution < -0.4 is 0 Å².